The van der Waals surface area contributed by atoms with Crippen LogP contribution in [0.4, 0.5) is 5.82 Å². The van der Waals surface area contributed by atoms with Gasteiger partial charge in [-0.25, -0.2) is 4.98 Å². The molecular formula is C11H15N3O4. The highest BCUT2D eigenvalue weighted by molar-refractivity contribution is 5.93. The minimum atomic E-state index is -0.591. The number of H-pyrrole nitrogens is 1. The molecule has 2 atom stereocenters. The van der Waals surface area contributed by atoms with Crippen LogP contribution >= 0.6 is 0 Å². The largest absolute Gasteiger partial charge is 0.391 e. The van der Waals surface area contributed by atoms with Crippen molar-refractivity contribution in [2.45, 2.75) is 37.8 Å². The summed E-state index contributed by atoms with van der Waals surface area (Å²) in [6, 6.07) is 2.34. The molecule has 1 aliphatic rings. The van der Waals surface area contributed by atoms with Gasteiger partial charge in [-0.15, -0.1) is 0 Å². The predicted molar refractivity (Wildman–Crippen MR) is 63.2 cm³/mol. The van der Waals surface area contributed by atoms with Crippen molar-refractivity contribution in [2.75, 3.05) is 0 Å². The van der Waals surface area contributed by atoms with Gasteiger partial charge in [0.25, 0.3) is 5.91 Å². The molecule has 2 rings (SSSR count). The molecule has 1 amide bonds. The summed E-state index contributed by atoms with van der Waals surface area (Å²) in [6.07, 6.45) is 2.80. The lowest BCUT2D eigenvalue weighted by Gasteiger charge is -2.27. The van der Waals surface area contributed by atoms with Gasteiger partial charge in [0.2, 0.25) is 0 Å². The first kappa shape index (κ1) is 12.6. The summed E-state index contributed by atoms with van der Waals surface area (Å²) in [5.41, 5.74) is 0.138. The second-order valence-corrected chi connectivity index (χ2v) is 4.45. The smallest absolute Gasteiger partial charge is 0.321 e. The molecule has 18 heavy (non-hydrogen) atoms. The number of hydrogen-bond donors (Lipinski definition) is 3. The van der Waals surface area contributed by atoms with Gasteiger partial charge in [-0.1, -0.05) is 12.8 Å². The van der Waals surface area contributed by atoms with E-state index in [1.807, 2.05) is 0 Å². The number of amides is 1. The topological polar surface area (TPSA) is 108 Å². The molecule has 3 N–H and O–H groups in total. The van der Waals surface area contributed by atoms with Gasteiger partial charge in [0.1, 0.15) is 0 Å². The van der Waals surface area contributed by atoms with Crippen LogP contribution in [-0.2, 0) is 0 Å². The Morgan fingerprint density at radius 1 is 1.44 bits per heavy atom. The number of aliphatic hydroxyl groups is 1. The average molecular weight is 253 g/mol. The lowest BCUT2D eigenvalue weighted by Crippen LogP contribution is -2.45. The van der Waals surface area contributed by atoms with Crippen molar-refractivity contribution < 1.29 is 14.8 Å². The van der Waals surface area contributed by atoms with E-state index in [9.17, 15) is 20.0 Å². The molecule has 7 heteroatoms. The summed E-state index contributed by atoms with van der Waals surface area (Å²) in [6.45, 7) is 0. The molecule has 0 saturated heterocycles. The van der Waals surface area contributed by atoms with E-state index in [1.165, 1.54) is 12.1 Å². The fraction of sp³-hybridized carbons (Fsp3) is 0.545. The zero-order chi connectivity index (χ0) is 13.1. The van der Waals surface area contributed by atoms with E-state index in [0.717, 1.165) is 19.3 Å². The van der Waals surface area contributed by atoms with Gasteiger partial charge in [0, 0.05) is 6.07 Å². The number of nitro groups is 1. The van der Waals surface area contributed by atoms with Crippen LogP contribution in [0.2, 0.25) is 0 Å². The van der Waals surface area contributed by atoms with Crippen LogP contribution in [0.1, 0.15) is 36.2 Å². The summed E-state index contributed by atoms with van der Waals surface area (Å²) in [5, 5.41) is 22.9. The van der Waals surface area contributed by atoms with Gasteiger partial charge >= 0.3 is 5.82 Å². The highest BCUT2D eigenvalue weighted by atomic mass is 16.6. The van der Waals surface area contributed by atoms with E-state index < -0.39 is 16.9 Å². The molecule has 1 aromatic rings. The van der Waals surface area contributed by atoms with Crippen molar-refractivity contribution in [1.82, 2.24) is 10.3 Å². The lowest BCUT2D eigenvalue weighted by molar-refractivity contribution is -0.389. The molecule has 0 aromatic carbocycles. The van der Waals surface area contributed by atoms with Crippen molar-refractivity contribution >= 4 is 11.7 Å². The molecule has 98 valence electrons. The number of carbonyl (C=O) groups excluding carboxylic acids is 1. The Kier molecular flexibility index (Phi) is 3.61. The first-order valence-corrected chi connectivity index (χ1v) is 5.90. The molecule has 0 bridgehead atoms. The van der Waals surface area contributed by atoms with Crippen LogP contribution in [0.15, 0.2) is 12.1 Å². The summed E-state index contributed by atoms with van der Waals surface area (Å²) >= 11 is 0. The molecule has 1 aliphatic carbocycles. The van der Waals surface area contributed by atoms with Crippen LogP contribution < -0.4 is 5.32 Å². The maximum atomic E-state index is 11.8. The van der Waals surface area contributed by atoms with Crippen LogP contribution in [0.25, 0.3) is 0 Å². The van der Waals surface area contributed by atoms with Crippen molar-refractivity contribution in [3.63, 3.8) is 0 Å². The number of nitrogens with zero attached hydrogens (tertiary/aromatic N) is 1. The third-order valence-corrected chi connectivity index (χ3v) is 3.16. The van der Waals surface area contributed by atoms with E-state index in [-0.39, 0.29) is 17.6 Å². The van der Waals surface area contributed by atoms with Gasteiger partial charge in [0.05, 0.1) is 12.1 Å². The quantitative estimate of drug-likeness (QED) is 0.550. The van der Waals surface area contributed by atoms with E-state index in [2.05, 4.69) is 10.3 Å². The fourth-order valence-corrected chi connectivity index (χ4v) is 2.15. The monoisotopic (exact) mass is 253 g/mol. The van der Waals surface area contributed by atoms with Crippen LogP contribution in [0, 0.1) is 10.1 Å². The van der Waals surface area contributed by atoms with Gasteiger partial charge < -0.3 is 20.5 Å². The van der Waals surface area contributed by atoms with Gasteiger partial charge in [-0.05, 0) is 23.8 Å². The number of rotatable bonds is 3. The molecule has 0 aliphatic heterocycles. The Bertz CT molecular complexity index is 457. The molecule has 1 saturated carbocycles. The molecular weight excluding hydrogens is 238 g/mol. The molecule has 0 radical (unpaired) electrons. The Balaban J connectivity index is 2.00. The summed E-state index contributed by atoms with van der Waals surface area (Å²) < 4.78 is 0. The average Bonchev–Trinajstić information content (AvgIpc) is 2.81. The van der Waals surface area contributed by atoms with E-state index in [4.69, 9.17) is 0 Å². The number of carbonyl (C=O) groups is 1. The second-order valence-electron chi connectivity index (χ2n) is 4.45. The third kappa shape index (κ3) is 2.67. The molecule has 0 spiro atoms. The Labute approximate surface area is 103 Å². The van der Waals surface area contributed by atoms with Gasteiger partial charge in [-0.2, -0.15) is 0 Å². The normalized spacial score (nSPS) is 23.6. The Morgan fingerprint density at radius 3 is 2.78 bits per heavy atom. The molecule has 1 fully saturated rings. The minimum absolute atomic E-state index is 0.138. The van der Waals surface area contributed by atoms with E-state index in [0.29, 0.717) is 6.42 Å². The Morgan fingerprint density at radius 2 is 2.17 bits per heavy atom. The highest BCUT2D eigenvalue weighted by Crippen LogP contribution is 2.19. The first-order valence-electron chi connectivity index (χ1n) is 5.90. The summed E-state index contributed by atoms with van der Waals surface area (Å²) in [7, 11) is 0. The Hall–Kier alpha value is -1.89. The highest BCUT2D eigenvalue weighted by Gasteiger charge is 2.26. The van der Waals surface area contributed by atoms with E-state index >= 15 is 0 Å². The maximum Gasteiger partial charge on any atom is 0.321 e. The van der Waals surface area contributed by atoms with Crippen LogP contribution in [0.3, 0.4) is 0 Å². The number of nitrogens with one attached hydrogen (secondary N) is 2. The van der Waals surface area contributed by atoms with Crippen molar-refractivity contribution in [3.8, 4) is 0 Å². The molecule has 1 heterocycles. The number of aliphatic hydroxyl groups excluding tert-OH is 1. The van der Waals surface area contributed by atoms with Gasteiger partial charge in [-0.3, -0.25) is 4.79 Å². The maximum absolute atomic E-state index is 11.8. The number of aromatic nitrogens is 1. The van der Waals surface area contributed by atoms with Crippen LogP contribution in [0.5, 0.6) is 0 Å². The summed E-state index contributed by atoms with van der Waals surface area (Å²) in [5.74, 6) is -0.640. The van der Waals surface area contributed by atoms with Crippen molar-refractivity contribution in [3.05, 3.63) is 27.9 Å². The van der Waals surface area contributed by atoms with Crippen molar-refractivity contribution in [2.24, 2.45) is 0 Å². The van der Waals surface area contributed by atoms with Crippen LogP contribution in [-0.4, -0.2) is 33.1 Å². The third-order valence-electron chi connectivity index (χ3n) is 3.16. The molecule has 2 unspecified atom stereocenters. The first-order chi connectivity index (χ1) is 8.58. The second kappa shape index (κ2) is 5.18. The standard InChI is InChI=1S/C11H15N3O4/c15-9-4-2-1-3-7(9)13-11(16)8-5-6-10(12-8)14(17)18/h5-7,9,12,15H,1-4H2,(H,13,16). The SMILES string of the molecule is O=C(NC1CCCCC1O)c1ccc([N+](=O)[O-])[nH]1. The van der Waals surface area contributed by atoms with E-state index in [1.54, 1.807) is 0 Å². The fourth-order valence-electron chi connectivity index (χ4n) is 2.15. The number of aromatic amines is 1. The van der Waals surface area contributed by atoms with Gasteiger partial charge in [0.15, 0.2) is 5.69 Å². The van der Waals surface area contributed by atoms with Crippen molar-refractivity contribution in [1.29, 1.82) is 0 Å². The zero-order valence-corrected chi connectivity index (χ0v) is 9.76. The predicted octanol–water partition coefficient (Wildman–Crippen LogP) is 0.956. The summed E-state index contributed by atoms with van der Waals surface area (Å²) in [4.78, 5) is 24.1. The zero-order valence-electron chi connectivity index (χ0n) is 9.76. The number of hydrogen-bond acceptors (Lipinski definition) is 4. The molecule has 1 aromatic heterocycles. The molecule has 7 nitrogen and oxygen atoms in total. The minimum Gasteiger partial charge on any atom is -0.391 e. The lowest BCUT2D eigenvalue weighted by atomic mass is 9.92.